The lowest BCUT2D eigenvalue weighted by atomic mass is 10.1. The van der Waals surface area contributed by atoms with Crippen LogP contribution in [0.15, 0.2) is 18.2 Å². The van der Waals surface area contributed by atoms with Gasteiger partial charge in [0.25, 0.3) is 5.91 Å². The van der Waals surface area contributed by atoms with Crippen molar-refractivity contribution in [1.29, 1.82) is 0 Å². The summed E-state index contributed by atoms with van der Waals surface area (Å²) in [6.45, 7) is 3.38. The fraction of sp³-hybridized carbons (Fsp3) is 0.286. The highest BCUT2D eigenvalue weighted by molar-refractivity contribution is 7.92. The van der Waals surface area contributed by atoms with Crippen LogP contribution in [0.4, 0.5) is 21.5 Å². The Morgan fingerprint density at radius 1 is 1.35 bits per heavy atom. The molecule has 12 heteroatoms. The molecular weight excluding hydrogens is 369 g/mol. The molecule has 0 spiro atoms. The smallest absolute Gasteiger partial charge is 0.318 e. The molecule has 1 heterocycles. The van der Waals surface area contributed by atoms with Gasteiger partial charge in [-0.3, -0.25) is 24.7 Å². The number of hydrogen-bond donors (Lipinski definition) is 3. The fourth-order valence-electron chi connectivity index (χ4n) is 2.19. The number of halogens is 1. The van der Waals surface area contributed by atoms with E-state index >= 15 is 0 Å². The molecule has 1 aromatic heterocycles. The Morgan fingerprint density at radius 2 is 2.00 bits per heavy atom. The lowest BCUT2D eigenvalue weighted by Crippen LogP contribution is -2.17. The van der Waals surface area contributed by atoms with Crippen molar-refractivity contribution < 1.29 is 22.5 Å². The van der Waals surface area contributed by atoms with E-state index in [0.29, 0.717) is 0 Å². The molecule has 0 aliphatic heterocycles. The minimum absolute atomic E-state index is 0.0785. The number of hydrogen-bond acceptors (Lipinski definition) is 6. The van der Waals surface area contributed by atoms with Crippen molar-refractivity contribution in [2.75, 3.05) is 16.3 Å². The summed E-state index contributed by atoms with van der Waals surface area (Å²) >= 11 is 0. The van der Waals surface area contributed by atoms with Gasteiger partial charge in [0.1, 0.15) is 11.5 Å². The molecule has 3 N–H and O–H groups in total. The molecule has 2 aromatic rings. The topological polar surface area (TPSA) is 147 Å². The first-order chi connectivity index (χ1) is 12.0. The number of aromatic amines is 1. The monoisotopic (exact) mass is 385 g/mol. The van der Waals surface area contributed by atoms with E-state index in [1.165, 1.54) is 0 Å². The zero-order chi connectivity index (χ0) is 19.6. The van der Waals surface area contributed by atoms with Crippen LogP contribution in [-0.2, 0) is 10.0 Å². The normalized spacial score (nSPS) is 11.4. The third kappa shape index (κ3) is 4.33. The number of carbonyl (C=O) groups is 1. The molecule has 0 saturated heterocycles. The van der Waals surface area contributed by atoms with Crippen LogP contribution >= 0.6 is 0 Å². The Bertz CT molecular complexity index is 970. The van der Waals surface area contributed by atoms with Crippen molar-refractivity contribution in [3.8, 4) is 0 Å². The van der Waals surface area contributed by atoms with Crippen LogP contribution < -0.4 is 10.0 Å². The number of H-pyrrole nitrogens is 1. The molecule has 0 unspecified atom stereocenters. The van der Waals surface area contributed by atoms with Gasteiger partial charge >= 0.3 is 5.69 Å². The summed E-state index contributed by atoms with van der Waals surface area (Å²) in [4.78, 5) is 23.0. The Labute approximate surface area is 148 Å². The summed E-state index contributed by atoms with van der Waals surface area (Å²) in [6.07, 6.45) is 0.858. The number of anilines is 2. The zero-order valence-electron chi connectivity index (χ0n) is 14.0. The second-order valence-corrected chi connectivity index (χ2v) is 7.51. The highest BCUT2D eigenvalue weighted by Crippen LogP contribution is 2.29. The van der Waals surface area contributed by atoms with Crippen LogP contribution in [0.5, 0.6) is 0 Å². The summed E-state index contributed by atoms with van der Waals surface area (Å²) in [5.74, 6) is -1.96. The molecule has 0 saturated carbocycles. The standard InChI is InChI=1S/C14H16FN5O5S/c1-7(2)11-13(20(22)23)12(18-17-11)14(21)16-9-5-4-8(15)6-10(9)19-26(3,24)25/h4-7,19H,1-3H3,(H,16,21)(H,17,18). The first-order valence-corrected chi connectivity index (χ1v) is 9.20. The number of nitro groups is 1. The van der Waals surface area contributed by atoms with Crippen LogP contribution in [0.2, 0.25) is 0 Å². The van der Waals surface area contributed by atoms with Gasteiger partial charge in [-0.25, -0.2) is 12.8 Å². The second kappa shape index (κ2) is 7.07. The van der Waals surface area contributed by atoms with Gasteiger partial charge in [-0.15, -0.1) is 0 Å². The van der Waals surface area contributed by atoms with Gasteiger partial charge in [0, 0.05) is 12.0 Å². The summed E-state index contributed by atoms with van der Waals surface area (Å²) in [5.41, 5.74) is -1.06. The average Bonchev–Trinajstić information content (AvgIpc) is 2.93. The molecule has 0 radical (unpaired) electrons. The van der Waals surface area contributed by atoms with Crippen molar-refractivity contribution in [1.82, 2.24) is 10.2 Å². The molecular formula is C14H16FN5O5S. The zero-order valence-corrected chi connectivity index (χ0v) is 14.8. The van der Waals surface area contributed by atoms with Gasteiger partial charge in [-0.2, -0.15) is 5.10 Å². The van der Waals surface area contributed by atoms with Gasteiger partial charge < -0.3 is 5.32 Å². The maximum Gasteiger partial charge on any atom is 0.323 e. The Balaban J connectivity index is 2.41. The SMILES string of the molecule is CC(C)c1[nH]nc(C(=O)Nc2ccc(F)cc2NS(C)(=O)=O)c1[N+](=O)[O-]. The molecule has 1 amide bonds. The average molecular weight is 385 g/mol. The molecule has 0 aliphatic carbocycles. The fourth-order valence-corrected chi connectivity index (χ4v) is 2.75. The van der Waals surface area contributed by atoms with E-state index in [2.05, 4.69) is 20.2 Å². The number of sulfonamides is 1. The first-order valence-electron chi connectivity index (χ1n) is 7.31. The Hall–Kier alpha value is -3.02. The predicted molar refractivity (Wildman–Crippen MR) is 92.2 cm³/mol. The third-order valence-electron chi connectivity index (χ3n) is 3.27. The van der Waals surface area contributed by atoms with Gasteiger partial charge in [-0.05, 0) is 12.1 Å². The van der Waals surface area contributed by atoms with Gasteiger partial charge in [0.05, 0.1) is 22.6 Å². The van der Waals surface area contributed by atoms with Crippen molar-refractivity contribution in [3.05, 3.63) is 45.5 Å². The van der Waals surface area contributed by atoms with Gasteiger partial charge in [0.15, 0.2) is 0 Å². The quantitative estimate of drug-likeness (QED) is 0.513. The van der Waals surface area contributed by atoms with E-state index in [4.69, 9.17) is 0 Å². The van der Waals surface area contributed by atoms with Crippen molar-refractivity contribution in [2.24, 2.45) is 0 Å². The molecule has 0 aliphatic rings. The molecule has 140 valence electrons. The summed E-state index contributed by atoms with van der Waals surface area (Å²) in [6, 6.07) is 3.00. The lowest BCUT2D eigenvalue weighted by molar-refractivity contribution is -0.385. The molecule has 0 atom stereocenters. The summed E-state index contributed by atoms with van der Waals surface area (Å²) < 4.78 is 38.2. The van der Waals surface area contributed by atoms with E-state index in [1.54, 1.807) is 13.8 Å². The number of aromatic nitrogens is 2. The highest BCUT2D eigenvalue weighted by atomic mass is 32.2. The Morgan fingerprint density at radius 3 is 2.54 bits per heavy atom. The van der Waals surface area contributed by atoms with Gasteiger partial charge in [-0.1, -0.05) is 13.8 Å². The van der Waals surface area contributed by atoms with Crippen LogP contribution in [0.1, 0.15) is 35.9 Å². The minimum atomic E-state index is -3.74. The van der Waals surface area contributed by atoms with E-state index < -0.39 is 38.1 Å². The maximum absolute atomic E-state index is 13.4. The molecule has 2 rings (SSSR count). The third-order valence-corrected chi connectivity index (χ3v) is 3.86. The van der Waals surface area contributed by atoms with Crippen LogP contribution in [-0.4, -0.2) is 35.7 Å². The van der Waals surface area contributed by atoms with Crippen molar-refractivity contribution >= 4 is 33.0 Å². The molecule has 26 heavy (non-hydrogen) atoms. The van der Waals surface area contributed by atoms with E-state index in [-0.39, 0.29) is 23.0 Å². The van der Waals surface area contributed by atoms with E-state index in [0.717, 1.165) is 24.5 Å². The minimum Gasteiger partial charge on any atom is -0.318 e. The van der Waals surface area contributed by atoms with E-state index in [1.807, 2.05) is 0 Å². The lowest BCUT2D eigenvalue weighted by Gasteiger charge is -2.11. The second-order valence-electron chi connectivity index (χ2n) is 5.76. The largest absolute Gasteiger partial charge is 0.323 e. The molecule has 0 fully saturated rings. The highest BCUT2D eigenvalue weighted by Gasteiger charge is 2.30. The predicted octanol–water partition coefficient (Wildman–Crippen LogP) is 2.20. The number of rotatable bonds is 6. The molecule has 1 aromatic carbocycles. The van der Waals surface area contributed by atoms with Crippen LogP contribution in [0, 0.1) is 15.9 Å². The first kappa shape index (κ1) is 19.3. The van der Waals surface area contributed by atoms with E-state index in [9.17, 15) is 27.7 Å². The number of benzene rings is 1. The number of amides is 1. The number of nitrogens with zero attached hydrogens (tertiary/aromatic N) is 2. The summed E-state index contributed by atoms with van der Waals surface area (Å²) in [5, 5.41) is 19.7. The number of nitrogens with one attached hydrogen (secondary N) is 3. The van der Waals surface area contributed by atoms with Gasteiger partial charge in [0.2, 0.25) is 15.7 Å². The van der Waals surface area contributed by atoms with Crippen molar-refractivity contribution in [2.45, 2.75) is 19.8 Å². The summed E-state index contributed by atoms with van der Waals surface area (Å²) in [7, 11) is -3.74. The molecule has 10 nitrogen and oxygen atoms in total. The van der Waals surface area contributed by atoms with Crippen LogP contribution in [0.25, 0.3) is 0 Å². The Kier molecular flexibility index (Phi) is 5.25. The van der Waals surface area contributed by atoms with Crippen LogP contribution in [0.3, 0.4) is 0 Å². The maximum atomic E-state index is 13.4. The van der Waals surface area contributed by atoms with Crippen molar-refractivity contribution in [3.63, 3.8) is 0 Å². The number of carbonyl (C=O) groups excluding carboxylic acids is 1. The molecule has 0 bridgehead atoms.